The fraction of sp³-hybridized carbons (Fsp3) is 0.419. The molecule has 3 amide bonds. The Hall–Kier alpha value is -3.77. The van der Waals surface area contributed by atoms with Crippen molar-refractivity contribution < 1.29 is 37.0 Å². The van der Waals surface area contributed by atoms with Gasteiger partial charge in [0.15, 0.2) is 11.5 Å². The summed E-state index contributed by atoms with van der Waals surface area (Å²) in [7, 11) is 3.12. The molecule has 0 saturated carbocycles. The van der Waals surface area contributed by atoms with E-state index in [-0.39, 0.29) is 30.8 Å². The summed E-state index contributed by atoms with van der Waals surface area (Å²) in [4.78, 5) is 32.3. The van der Waals surface area contributed by atoms with E-state index in [4.69, 9.17) is 14.2 Å². The van der Waals surface area contributed by atoms with Crippen LogP contribution in [0.25, 0.3) is 0 Å². The number of aryl methyl sites for hydroxylation is 1. The van der Waals surface area contributed by atoms with Gasteiger partial charge in [0.1, 0.15) is 6.54 Å². The molecule has 1 aliphatic rings. The maximum Gasteiger partial charge on any atom is 0.416 e. The number of thiophene rings is 1. The Morgan fingerprint density at radius 1 is 1.05 bits per heavy atom. The average Bonchev–Trinajstić information content (AvgIpc) is 3.65. The van der Waals surface area contributed by atoms with Gasteiger partial charge in [-0.2, -0.15) is 13.2 Å². The van der Waals surface area contributed by atoms with E-state index in [9.17, 15) is 22.8 Å². The average molecular weight is 620 g/mol. The number of carbonyl (C=O) groups is 2. The number of alkyl halides is 3. The monoisotopic (exact) mass is 619 g/mol. The van der Waals surface area contributed by atoms with Gasteiger partial charge in [0, 0.05) is 35.1 Å². The Kier molecular flexibility index (Phi) is 10.9. The Labute approximate surface area is 253 Å². The molecule has 0 bridgehead atoms. The van der Waals surface area contributed by atoms with Crippen LogP contribution in [0, 0.1) is 6.92 Å². The molecule has 1 aromatic heterocycles. The van der Waals surface area contributed by atoms with Gasteiger partial charge in [-0.15, -0.1) is 11.3 Å². The maximum atomic E-state index is 13.8. The van der Waals surface area contributed by atoms with Gasteiger partial charge in [-0.05, 0) is 74.2 Å². The smallest absolute Gasteiger partial charge is 0.416 e. The molecular weight excluding hydrogens is 583 g/mol. The van der Waals surface area contributed by atoms with Crippen LogP contribution in [-0.2, 0) is 28.7 Å². The van der Waals surface area contributed by atoms with E-state index in [1.54, 1.807) is 30.5 Å². The number of methoxy groups -OCH3 is 2. The number of nitrogens with zero attached hydrogens (tertiary/aromatic N) is 2. The summed E-state index contributed by atoms with van der Waals surface area (Å²) in [6.45, 7) is 3.14. The minimum Gasteiger partial charge on any atom is -0.493 e. The number of halogens is 3. The summed E-state index contributed by atoms with van der Waals surface area (Å²) in [5.41, 5.74) is 0.0555. The zero-order valence-corrected chi connectivity index (χ0v) is 25.2. The molecule has 1 atom stereocenters. The summed E-state index contributed by atoms with van der Waals surface area (Å²) in [6, 6.07) is 13.3. The molecule has 0 radical (unpaired) electrons. The summed E-state index contributed by atoms with van der Waals surface area (Å²) < 4.78 is 56.2. The van der Waals surface area contributed by atoms with E-state index in [1.165, 1.54) is 17.0 Å². The van der Waals surface area contributed by atoms with Crippen LogP contribution in [0.5, 0.6) is 11.5 Å². The molecule has 4 rings (SSSR count). The molecule has 2 aromatic carbocycles. The van der Waals surface area contributed by atoms with Crippen molar-refractivity contribution in [2.45, 2.75) is 45.0 Å². The van der Waals surface area contributed by atoms with Gasteiger partial charge in [-0.3, -0.25) is 4.79 Å². The number of anilines is 1. The highest BCUT2D eigenvalue weighted by Gasteiger charge is 2.31. The third-order valence-electron chi connectivity index (χ3n) is 7.12. The number of rotatable bonds is 12. The van der Waals surface area contributed by atoms with Crippen molar-refractivity contribution in [1.29, 1.82) is 0 Å². The molecule has 3 aromatic rings. The number of ether oxygens (including phenoxy) is 3. The van der Waals surface area contributed by atoms with Crippen molar-refractivity contribution in [2.24, 2.45) is 0 Å². The lowest BCUT2D eigenvalue weighted by Crippen LogP contribution is -2.47. The van der Waals surface area contributed by atoms with Gasteiger partial charge < -0.3 is 29.3 Å². The first kappa shape index (κ1) is 32.2. The normalized spacial score (nSPS) is 14.8. The van der Waals surface area contributed by atoms with Crippen LogP contribution in [0.1, 0.15) is 33.7 Å². The highest BCUT2D eigenvalue weighted by Crippen LogP contribution is 2.31. The number of hydrogen-bond donors (Lipinski definition) is 1. The van der Waals surface area contributed by atoms with Crippen molar-refractivity contribution in [3.63, 3.8) is 0 Å². The SMILES string of the molecule is COc1ccc(CCN(Cc2ccc(C)s2)C(=O)CN(CC2CCCO2)C(=O)Nc2cccc(C(F)(F)F)c2)cc1OC. The fourth-order valence-corrected chi connectivity index (χ4v) is 5.75. The number of amides is 3. The molecule has 232 valence electrons. The Morgan fingerprint density at radius 3 is 2.49 bits per heavy atom. The Morgan fingerprint density at radius 2 is 1.84 bits per heavy atom. The lowest BCUT2D eigenvalue weighted by molar-refractivity contribution is -0.137. The molecule has 1 unspecified atom stereocenters. The second-order valence-corrected chi connectivity index (χ2v) is 11.7. The maximum absolute atomic E-state index is 13.8. The van der Waals surface area contributed by atoms with E-state index < -0.39 is 17.8 Å². The second-order valence-electron chi connectivity index (χ2n) is 10.3. The lowest BCUT2D eigenvalue weighted by atomic mass is 10.1. The Balaban J connectivity index is 1.52. The number of urea groups is 1. The van der Waals surface area contributed by atoms with Gasteiger partial charge >= 0.3 is 12.2 Å². The first-order valence-corrected chi connectivity index (χ1v) is 14.8. The molecule has 2 heterocycles. The quantitative estimate of drug-likeness (QED) is 0.255. The molecule has 43 heavy (non-hydrogen) atoms. The molecule has 8 nitrogen and oxygen atoms in total. The number of benzene rings is 2. The van der Waals surface area contributed by atoms with E-state index in [2.05, 4.69) is 5.32 Å². The van der Waals surface area contributed by atoms with Crippen molar-refractivity contribution in [1.82, 2.24) is 9.80 Å². The van der Waals surface area contributed by atoms with Gasteiger partial charge in [0.05, 0.1) is 32.4 Å². The predicted octanol–water partition coefficient (Wildman–Crippen LogP) is 6.38. The van der Waals surface area contributed by atoms with Gasteiger partial charge in [-0.1, -0.05) is 12.1 Å². The highest BCUT2D eigenvalue weighted by molar-refractivity contribution is 7.11. The van der Waals surface area contributed by atoms with Crippen molar-refractivity contribution in [2.75, 3.05) is 45.8 Å². The molecule has 1 saturated heterocycles. The molecule has 1 aliphatic heterocycles. The van der Waals surface area contributed by atoms with Crippen molar-refractivity contribution in [3.05, 3.63) is 75.5 Å². The van der Waals surface area contributed by atoms with Crippen molar-refractivity contribution >= 4 is 29.0 Å². The number of carbonyl (C=O) groups excluding carboxylic acids is 2. The zero-order valence-electron chi connectivity index (χ0n) is 24.4. The number of hydrogen-bond acceptors (Lipinski definition) is 6. The first-order valence-electron chi connectivity index (χ1n) is 13.9. The summed E-state index contributed by atoms with van der Waals surface area (Å²) >= 11 is 1.59. The van der Waals surface area contributed by atoms with E-state index >= 15 is 0 Å². The van der Waals surface area contributed by atoms with Crippen LogP contribution in [-0.4, -0.2) is 68.3 Å². The molecule has 0 aliphatic carbocycles. The largest absolute Gasteiger partial charge is 0.493 e. The van der Waals surface area contributed by atoms with Crippen LogP contribution in [0.4, 0.5) is 23.7 Å². The minimum absolute atomic E-state index is 0.0102. The van der Waals surface area contributed by atoms with E-state index in [0.717, 1.165) is 40.3 Å². The van der Waals surface area contributed by atoms with Gasteiger partial charge in [-0.25, -0.2) is 4.79 Å². The molecule has 12 heteroatoms. The van der Waals surface area contributed by atoms with Crippen LogP contribution in [0.15, 0.2) is 54.6 Å². The minimum atomic E-state index is -4.55. The molecular formula is C31H36F3N3O5S. The standard InChI is InChI=1S/C31H36F3N3O5S/c1-21-9-11-26(43-21)19-36(14-13-22-10-12-27(40-2)28(16-22)41-3)29(38)20-37(18-25-8-5-15-42-25)30(39)35-24-7-4-6-23(17-24)31(32,33)34/h4,6-7,9-12,16-17,25H,5,8,13-15,18-20H2,1-3H3,(H,35,39). The van der Waals surface area contributed by atoms with Gasteiger partial charge in [0.2, 0.25) is 5.91 Å². The third-order valence-corrected chi connectivity index (χ3v) is 8.10. The topological polar surface area (TPSA) is 80.3 Å². The van der Waals surface area contributed by atoms with Crippen LogP contribution >= 0.6 is 11.3 Å². The fourth-order valence-electron chi connectivity index (χ4n) is 4.84. The van der Waals surface area contributed by atoms with Crippen LogP contribution in [0.2, 0.25) is 0 Å². The zero-order chi connectivity index (χ0) is 31.0. The summed E-state index contributed by atoms with van der Waals surface area (Å²) in [6.07, 6.45) is -2.74. The van der Waals surface area contributed by atoms with Crippen LogP contribution in [0.3, 0.4) is 0 Å². The third kappa shape index (κ3) is 9.11. The summed E-state index contributed by atoms with van der Waals surface area (Å²) in [5, 5.41) is 2.54. The molecule has 1 N–H and O–H groups in total. The predicted molar refractivity (Wildman–Crippen MR) is 159 cm³/mol. The lowest BCUT2D eigenvalue weighted by Gasteiger charge is -2.29. The summed E-state index contributed by atoms with van der Waals surface area (Å²) in [5.74, 6) is 0.897. The molecule has 1 fully saturated rings. The second kappa shape index (κ2) is 14.6. The Bertz CT molecular complexity index is 1390. The first-order chi connectivity index (χ1) is 20.5. The van der Waals surface area contributed by atoms with E-state index in [1.807, 2.05) is 37.3 Å². The highest BCUT2D eigenvalue weighted by atomic mass is 32.1. The molecule has 0 spiro atoms. The number of nitrogens with one attached hydrogen (secondary N) is 1. The van der Waals surface area contributed by atoms with Crippen LogP contribution < -0.4 is 14.8 Å². The van der Waals surface area contributed by atoms with Crippen molar-refractivity contribution in [3.8, 4) is 11.5 Å². The van der Waals surface area contributed by atoms with E-state index in [0.29, 0.717) is 37.6 Å². The van der Waals surface area contributed by atoms with Gasteiger partial charge in [0.25, 0.3) is 0 Å².